The fourth-order valence-electron chi connectivity index (χ4n) is 0.856. The zero-order chi connectivity index (χ0) is 26.7. The first-order valence-electron chi connectivity index (χ1n) is 7.11. The molecule has 1 aliphatic rings. The van der Waals surface area contributed by atoms with Gasteiger partial charge in [-0.15, -0.1) is 0 Å². The van der Waals surface area contributed by atoms with Crippen molar-refractivity contribution in [2.45, 2.75) is 42.2 Å². The van der Waals surface area contributed by atoms with Gasteiger partial charge in [0.05, 0.1) is 0 Å². The van der Waals surface area contributed by atoms with E-state index in [1.807, 2.05) is 0 Å². The van der Waals surface area contributed by atoms with Crippen molar-refractivity contribution in [1.82, 2.24) is 0 Å². The maximum absolute atomic E-state index is 10.7. The molecule has 0 aliphatic heterocycles. The molecule has 200 valence electrons. The molecule has 9 nitrogen and oxygen atoms in total. The number of halogens is 9. The Hall–Kier alpha value is -0.797. The second-order valence-electron chi connectivity index (χ2n) is 4.80. The molecule has 0 aromatic rings. The van der Waals surface area contributed by atoms with E-state index in [1.165, 1.54) is 25.7 Å². The van der Waals surface area contributed by atoms with Crippen molar-refractivity contribution in [3.05, 3.63) is 24.3 Å². The van der Waals surface area contributed by atoms with Crippen LogP contribution in [0.4, 0.5) is 39.5 Å². The summed E-state index contributed by atoms with van der Waals surface area (Å²) in [4.78, 5) is 0. The summed E-state index contributed by atoms with van der Waals surface area (Å²) in [6.45, 7) is 0. The fourth-order valence-corrected chi connectivity index (χ4v) is 0.856. The van der Waals surface area contributed by atoms with Gasteiger partial charge < -0.3 is 13.7 Å². The standard InChI is InChI=1S/C8H12.3CHF3O3S.Rh/c1-2-4-6-8-7-5-3-1;3*2-1(3,4)8(5,6)7;/h1-2,7-8H,3-6H2;3*(H,5,6,7);/q;;;;+3/p-3. The third-order valence-corrected chi connectivity index (χ3v) is 3.88. The fraction of sp³-hybridized carbons (Fsp3) is 0.636. The number of rotatable bonds is 0. The molecule has 0 atom stereocenters. The molecule has 0 aromatic carbocycles. The van der Waals surface area contributed by atoms with Crippen molar-refractivity contribution < 1.29 is 97.9 Å². The molecule has 22 heteroatoms. The van der Waals surface area contributed by atoms with E-state index >= 15 is 0 Å². The van der Waals surface area contributed by atoms with Crippen molar-refractivity contribution in [2.75, 3.05) is 0 Å². The molecular formula is C11H12F9O9RhS3. The Morgan fingerprint density at radius 3 is 0.606 bits per heavy atom. The monoisotopic (exact) mass is 658 g/mol. The molecule has 1 rings (SSSR count). The molecular weight excluding hydrogens is 646 g/mol. The van der Waals surface area contributed by atoms with Crippen LogP contribution in [0.3, 0.4) is 0 Å². The Balaban J connectivity index is -0.000000168. The Morgan fingerprint density at radius 1 is 0.455 bits per heavy atom. The average Bonchev–Trinajstić information content (AvgIpc) is 2.41. The molecule has 0 aromatic heterocycles. The van der Waals surface area contributed by atoms with Crippen LogP contribution >= 0.6 is 0 Å². The topological polar surface area (TPSA) is 172 Å². The van der Waals surface area contributed by atoms with Crippen LogP contribution < -0.4 is 0 Å². The molecule has 0 saturated carbocycles. The summed E-state index contributed by atoms with van der Waals surface area (Å²) in [7, 11) is -18.3. The number of allylic oxidation sites excluding steroid dienone is 4. The quantitative estimate of drug-likeness (QED) is 0.125. The molecule has 0 amide bonds. The summed E-state index contributed by atoms with van der Waals surface area (Å²) >= 11 is 0. The summed E-state index contributed by atoms with van der Waals surface area (Å²) in [6, 6.07) is 0. The minimum atomic E-state index is -6.09. The second-order valence-corrected chi connectivity index (χ2v) is 8.91. The Labute approximate surface area is 194 Å². The van der Waals surface area contributed by atoms with E-state index in [1.54, 1.807) is 0 Å². The molecule has 33 heavy (non-hydrogen) atoms. The maximum atomic E-state index is 10.7. The van der Waals surface area contributed by atoms with Crippen LogP contribution in [-0.2, 0) is 49.8 Å². The zero-order valence-electron chi connectivity index (χ0n) is 15.3. The van der Waals surface area contributed by atoms with E-state index < -0.39 is 46.9 Å². The van der Waals surface area contributed by atoms with E-state index in [2.05, 4.69) is 24.3 Å². The van der Waals surface area contributed by atoms with Crippen LogP contribution in [0.25, 0.3) is 0 Å². The van der Waals surface area contributed by atoms with Crippen molar-refractivity contribution in [2.24, 2.45) is 0 Å². The third-order valence-electron chi connectivity index (χ3n) is 2.18. The molecule has 0 bridgehead atoms. The smallest absolute Gasteiger partial charge is 0.741 e. The second kappa shape index (κ2) is 15.3. The van der Waals surface area contributed by atoms with E-state index in [0.29, 0.717) is 0 Å². The molecule has 0 spiro atoms. The third kappa shape index (κ3) is 22.7. The molecule has 0 saturated heterocycles. The van der Waals surface area contributed by atoms with Gasteiger partial charge in [0.25, 0.3) is 0 Å². The van der Waals surface area contributed by atoms with E-state index in [4.69, 9.17) is 38.9 Å². The van der Waals surface area contributed by atoms with Crippen LogP contribution in [0.2, 0.25) is 0 Å². The van der Waals surface area contributed by atoms with Gasteiger partial charge in [0.2, 0.25) is 0 Å². The first-order valence-corrected chi connectivity index (χ1v) is 11.3. The van der Waals surface area contributed by atoms with Crippen LogP contribution in [-0.4, -0.2) is 55.4 Å². The largest absolute Gasteiger partial charge is 3.00 e. The minimum Gasteiger partial charge on any atom is -0.741 e. The van der Waals surface area contributed by atoms with Crippen LogP contribution in [0.15, 0.2) is 24.3 Å². The van der Waals surface area contributed by atoms with Gasteiger partial charge in [0, 0.05) is 0 Å². The molecule has 0 N–H and O–H groups in total. The first kappa shape index (κ1) is 39.4. The van der Waals surface area contributed by atoms with Gasteiger partial charge in [-0.3, -0.25) is 0 Å². The minimum absolute atomic E-state index is 0. The molecule has 0 fully saturated rings. The molecule has 0 unspecified atom stereocenters. The number of hydrogen-bond acceptors (Lipinski definition) is 9. The van der Waals surface area contributed by atoms with Crippen molar-refractivity contribution in [3.8, 4) is 0 Å². The van der Waals surface area contributed by atoms with Gasteiger partial charge in [-0.25, -0.2) is 25.3 Å². The molecule has 0 radical (unpaired) electrons. The van der Waals surface area contributed by atoms with Crippen molar-refractivity contribution in [3.63, 3.8) is 0 Å². The average molecular weight is 658 g/mol. The zero-order valence-corrected chi connectivity index (χ0v) is 19.4. The molecule has 1 aliphatic carbocycles. The summed E-state index contributed by atoms with van der Waals surface area (Å²) in [5.74, 6) is 0. The van der Waals surface area contributed by atoms with Crippen molar-refractivity contribution >= 4 is 30.4 Å². The number of alkyl halides is 9. The van der Waals surface area contributed by atoms with E-state index in [0.717, 1.165) is 0 Å². The Kier molecular flexibility index (Phi) is 18.2. The summed E-state index contributed by atoms with van der Waals surface area (Å²) in [5.41, 5.74) is -16.9. The van der Waals surface area contributed by atoms with Crippen LogP contribution in [0, 0.1) is 0 Å². The Bertz CT molecular complexity index is 791. The maximum Gasteiger partial charge on any atom is 3.00 e. The molecule has 0 heterocycles. The van der Waals surface area contributed by atoms with E-state index in [-0.39, 0.29) is 19.5 Å². The van der Waals surface area contributed by atoms with Gasteiger partial charge in [-0.1, -0.05) is 24.3 Å². The predicted molar refractivity (Wildman–Crippen MR) is 84.0 cm³/mol. The number of hydrogen-bond donors (Lipinski definition) is 0. The SMILES string of the molecule is C1=CCCC=CCC1.O=S(=O)([O-])C(F)(F)F.O=S(=O)([O-])C(F)(F)F.O=S(=O)([O-])C(F)(F)F.[Rh+3]. The van der Waals surface area contributed by atoms with Crippen LogP contribution in [0.5, 0.6) is 0 Å². The summed E-state index contributed by atoms with van der Waals surface area (Å²) in [6.07, 6.45) is 14.0. The van der Waals surface area contributed by atoms with Gasteiger partial charge in [-0.2, -0.15) is 39.5 Å². The van der Waals surface area contributed by atoms with E-state index in [9.17, 15) is 39.5 Å². The van der Waals surface area contributed by atoms with Gasteiger partial charge in [0.1, 0.15) is 0 Å². The Morgan fingerprint density at radius 2 is 0.545 bits per heavy atom. The first-order chi connectivity index (χ1) is 13.8. The van der Waals surface area contributed by atoms with Gasteiger partial charge in [-0.05, 0) is 25.7 Å². The predicted octanol–water partition coefficient (Wildman–Crippen LogP) is 2.82. The summed E-state index contributed by atoms with van der Waals surface area (Å²) in [5, 5.41) is 0. The van der Waals surface area contributed by atoms with Gasteiger partial charge >= 0.3 is 36.0 Å². The van der Waals surface area contributed by atoms with Crippen LogP contribution in [0.1, 0.15) is 25.7 Å². The van der Waals surface area contributed by atoms with Gasteiger partial charge in [0.15, 0.2) is 30.4 Å². The summed E-state index contributed by atoms with van der Waals surface area (Å²) < 4.78 is 177. The van der Waals surface area contributed by atoms with Crippen molar-refractivity contribution in [1.29, 1.82) is 0 Å². The normalized spacial score (nSPS) is 15.0.